The highest BCUT2D eigenvalue weighted by atomic mass is 35.5. The van der Waals surface area contributed by atoms with Crippen LogP contribution in [0.2, 0.25) is 5.02 Å². The summed E-state index contributed by atoms with van der Waals surface area (Å²) in [6.45, 7) is 8.18. The van der Waals surface area contributed by atoms with Crippen LogP contribution in [0.3, 0.4) is 0 Å². The maximum absolute atomic E-state index is 14.6. The summed E-state index contributed by atoms with van der Waals surface area (Å²) in [5.74, 6) is -1.23. The summed E-state index contributed by atoms with van der Waals surface area (Å²) >= 11 is 6.03. The van der Waals surface area contributed by atoms with Gasteiger partial charge in [0.2, 0.25) is 5.95 Å². The molecule has 0 aliphatic rings. The molecule has 1 heterocycles. The molecular formula is C26H30ClFN4O5. The van der Waals surface area contributed by atoms with E-state index in [1.54, 1.807) is 65.0 Å². The smallest absolute Gasteiger partial charge is 0.354 e. The summed E-state index contributed by atoms with van der Waals surface area (Å²) < 4.78 is 27.0. The molecule has 3 rings (SSSR count). The number of anilines is 2. The Labute approximate surface area is 218 Å². The molecule has 0 radical (unpaired) electrons. The summed E-state index contributed by atoms with van der Waals surface area (Å²) in [5.41, 5.74) is -1.79. The number of halogens is 2. The van der Waals surface area contributed by atoms with E-state index in [0.717, 1.165) is 4.57 Å². The average Bonchev–Trinajstić information content (AvgIpc) is 2.83. The van der Waals surface area contributed by atoms with Crippen LogP contribution in [0, 0.1) is 11.2 Å². The molecule has 0 spiro atoms. The van der Waals surface area contributed by atoms with Crippen LogP contribution >= 0.6 is 11.6 Å². The fourth-order valence-corrected chi connectivity index (χ4v) is 3.89. The van der Waals surface area contributed by atoms with Crippen LogP contribution in [0.1, 0.15) is 46.2 Å². The van der Waals surface area contributed by atoms with Crippen LogP contribution in [0.5, 0.6) is 5.75 Å². The largest absolute Gasteiger partial charge is 0.488 e. The highest BCUT2D eigenvalue weighted by Gasteiger charge is 2.32. The van der Waals surface area contributed by atoms with Crippen molar-refractivity contribution in [3.05, 3.63) is 79.8 Å². The van der Waals surface area contributed by atoms with Gasteiger partial charge in [-0.05, 0) is 64.4 Å². The molecule has 0 saturated heterocycles. The molecule has 198 valence electrons. The van der Waals surface area contributed by atoms with Crippen molar-refractivity contribution in [3.63, 3.8) is 0 Å². The lowest BCUT2D eigenvalue weighted by Crippen LogP contribution is -2.47. The van der Waals surface area contributed by atoms with Gasteiger partial charge < -0.3 is 14.8 Å². The van der Waals surface area contributed by atoms with Crippen molar-refractivity contribution in [2.75, 3.05) is 12.4 Å². The number of hydrogen-bond donors (Lipinski definition) is 1. The topological polar surface area (TPSA) is 104 Å². The van der Waals surface area contributed by atoms with Gasteiger partial charge in [0.25, 0.3) is 0 Å². The predicted molar refractivity (Wildman–Crippen MR) is 139 cm³/mol. The monoisotopic (exact) mass is 532 g/mol. The first-order chi connectivity index (χ1) is 17.3. The van der Waals surface area contributed by atoms with Gasteiger partial charge in [0, 0.05) is 23.3 Å². The van der Waals surface area contributed by atoms with Gasteiger partial charge in [-0.15, -0.1) is 0 Å². The fourth-order valence-electron chi connectivity index (χ4n) is 3.76. The highest BCUT2D eigenvalue weighted by molar-refractivity contribution is 6.30. The van der Waals surface area contributed by atoms with Crippen molar-refractivity contribution >= 4 is 29.2 Å². The average molecular weight is 533 g/mol. The molecule has 0 amide bonds. The molecule has 9 nitrogen and oxygen atoms in total. The number of nitrogens with zero attached hydrogens (tertiary/aromatic N) is 3. The molecule has 2 aromatic carbocycles. The van der Waals surface area contributed by atoms with Crippen LogP contribution in [-0.2, 0) is 16.1 Å². The number of benzene rings is 2. The van der Waals surface area contributed by atoms with Crippen LogP contribution < -0.4 is 21.4 Å². The summed E-state index contributed by atoms with van der Waals surface area (Å²) in [5, 5.41) is 3.40. The Bertz CT molecular complexity index is 1400. The normalized spacial score (nSPS) is 12.4. The summed E-state index contributed by atoms with van der Waals surface area (Å²) in [7, 11) is 1.23. The Hall–Kier alpha value is -3.66. The van der Waals surface area contributed by atoms with E-state index in [-0.39, 0.29) is 30.0 Å². The number of ether oxygens (including phenoxy) is 2. The summed E-state index contributed by atoms with van der Waals surface area (Å²) in [6.07, 6.45) is -0.220. The van der Waals surface area contributed by atoms with Crippen LogP contribution in [0.25, 0.3) is 0 Å². The molecule has 1 atom stereocenters. The van der Waals surface area contributed by atoms with Crippen LogP contribution in [0.15, 0.2) is 52.1 Å². The van der Waals surface area contributed by atoms with E-state index in [0.29, 0.717) is 10.6 Å². The number of carbonyl (C=O) groups excluding carboxylic acids is 1. The Kier molecular flexibility index (Phi) is 8.42. The first-order valence-electron chi connectivity index (χ1n) is 11.6. The van der Waals surface area contributed by atoms with Gasteiger partial charge in [-0.25, -0.2) is 18.5 Å². The van der Waals surface area contributed by atoms with Gasteiger partial charge in [0.05, 0.1) is 24.7 Å². The number of methoxy groups -OCH3 is 1. The molecule has 0 unspecified atom stereocenters. The standard InChI is InChI=1S/C26H30ClFN4O5/c1-15(2)37-21-12-11-19(13-20(21)28)29-23-30-24(34)31(14-26(4,5)22(33)36-6)25(35)32(23)16(3)17-7-9-18(27)10-8-17/h7-13,15-16H,14H2,1-6H3,(H,29,30,34)/t16-/m1/s1. The van der Waals surface area contributed by atoms with E-state index < -0.39 is 34.6 Å². The van der Waals surface area contributed by atoms with Gasteiger partial charge in [-0.1, -0.05) is 23.7 Å². The molecular weight excluding hydrogens is 503 g/mol. The lowest BCUT2D eigenvalue weighted by atomic mass is 9.94. The van der Waals surface area contributed by atoms with Gasteiger partial charge in [0.1, 0.15) is 0 Å². The fraction of sp³-hybridized carbons (Fsp3) is 0.385. The molecule has 3 aromatic rings. The lowest BCUT2D eigenvalue weighted by molar-refractivity contribution is -0.151. The van der Waals surface area contributed by atoms with Crippen molar-refractivity contribution in [1.29, 1.82) is 0 Å². The minimum Gasteiger partial charge on any atom is -0.488 e. The molecule has 1 aromatic heterocycles. The molecule has 11 heteroatoms. The first-order valence-corrected chi connectivity index (χ1v) is 12.0. The number of nitrogens with one attached hydrogen (secondary N) is 1. The zero-order valence-electron chi connectivity index (χ0n) is 21.5. The molecule has 1 N–H and O–H groups in total. The Morgan fingerprint density at radius 1 is 1.14 bits per heavy atom. The second-order valence-corrected chi connectivity index (χ2v) is 9.93. The van der Waals surface area contributed by atoms with Crippen LogP contribution in [0.4, 0.5) is 16.0 Å². The number of rotatable bonds is 9. The van der Waals surface area contributed by atoms with E-state index in [2.05, 4.69) is 10.3 Å². The zero-order chi connectivity index (χ0) is 27.5. The van der Waals surface area contributed by atoms with Crippen molar-refractivity contribution in [1.82, 2.24) is 14.1 Å². The maximum Gasteiger partial charge on any atom is 0.354 e. The van der Waals surface area contributed by atoms with E-state index in [1.165, 1.54) is 23.8 Å². The van der Waals surface area contributed by atoms with Crippen molar-refractivity contribution in [2.45, 2.75) is 53.3 Å². The third-order valence-electron chi connectivity index (χ3n) is 5.68. The Morgan fingerprint density at radius 3 is 2.35 bits per heavy atom. The number of aromatic nitrogens is 3. The number of esters is 1. The SMILES string of the molecule is COC(=O)C(C)(C)Cn1c(=O)nc(Nc2ccc(OC(C)C)c(F)c2)n([C@H](C)c2ccc(Cl)cc2)c1=O. The highest BCUT2D eigenvalue weighted by Crippen LogP contribution is 2.26. The van der Waals surface area contributed by atoms with Crippen molar-refractivity contribution in [3.8, 4) is 5.75 Å². The molecule has 37 heavy (non-hydrogen) atoms. The van der Waals surface area contributed by atoms with E-state index in [4.69, 9.17) is 21.1 Å². The van der Waals surface area contributed by atoms with E-state index >= 15 is 0 Å². The van der Waals surface area contributed by atoms with Crippen molar-refractivity contribution in [2.24, 2.45) is 5.41 Å². The van der Waals surface area contributed by atoms with Gasteiger partial charge in [-0.3, -0.25) is 9.36 Å². The number of hydrogen-bond acceptors (Lipinski definition) is 7. The molecule has 0 fully saturated rings. The molecule has 0 aliphatic heterocycles. The van der Waals surface area contributed by atoms with Crippen LogP contribution in [-0.4, -0.2) is 33.3 Å². The molecule has 0 aliphatic carbocycles. The minimum absolute atomic E-state index is 0.0703. The van der Waals surface area contributed by atoms with Crippen molar-refractivity contribution < 1.29 is 18.7 Å². The van der Waals surface area contributed by atoms with Gasteiger partial charge >= 0.3 is 17.3 Å². The van der Waals surface area contributed by atoms with E-state index in [9.17, 15) is 18.8 Å². The maximum atomic E-state index is 14.6. The first kappa shape index (κ1) is 27.9. The molecule has 0 saturated carbocycles. The minimum atomic E-state index is -1.18. The third-order valence-corrected chi connectivity index (χ3v) is 5.93. The second-order valence-electron chi connectivity index (χ2n) is 9.50. The predicted octanol–water partition coefficient (Wildman–Crippen LogP) is 4.54. The Balaban J connectivity index is 2.14. The lowest BCUT2D eigenvalue weighted by Gasteiger charge is -2.25. The van der Waals surface area contributed by atoms with Gasteiger partial charge in [-0.2, -0.15) is 4.98 Å². The molecule has 0 bridgehead atoms. The Morgan fingerprint density at radius 2 is 1.78 bits per heavy atom. The van der Waals surface area contributed by atoms with Gasteiger partial charge in [0.15, 0.2) is 11.6 Å². The zero-order valence-corrected chi connectivity index (χ0v) is 22.3. The summed E-state index contributed by atoms with van der Waals surface area (Å²) in [4.78, 5) is 43.0. The third kappa shape index (κ3) is 6.37. The quantitative estimate of drug-likeness (QED) is 0.403. The summed E-state index contributed by atoms with van der Waals surface area (Å²) in [6, 6.07) is 10.4. The number of carbonyl (C=O) groups is 1. The second kappa shape index (κ2) is 11.2. The van der Waals surface area contributed by atoms with E-state index in [1.807, 2.05) is 0 Å².